The molecular formula is C33H48O2S. The number of thioether (sulfide) groups is 1. The van der Waals surface area contributed by atoms with Crippen LogP contribution >= 0.6 is 11.8 Å². The molecular weight excluding hydrogens is 460 g/mol. The molecule has 0 bridgehead atoms. The van der Waals surface area contributed by atoms with Crippen molar-refractivity contribution < 1.29 is 9.53 Å². The van der Waals surface area contributed by atoms with Gasteiger partial charge in [0.15, 0.2) is 5.78 Å². The van der Waals surface area contributed by atoms with Gasteiger partial charge in [0.1, 0.15) is 5.75 Å². The predicted octanol–water partition coefficient (Wildman–Crippen LogP) is 10.6. The molecule has 3 heteroatoms. The summed E-state index contributed by atoms with van der Waals surface area (Å²) in [5.41, 5.74) is 1.71. The Morgan fingerprint density at radius 2 is 1.36 bits per heavy atom. The number of hydrogen-bond donors (Lipinski definition) is 0. The monoisotopic (exact) mass is 508 g/mol. The van der Waals surface area contributed by atoms with Crippen molar-refractivity contribution in [1.82, 2.24) is 0 Å². The highest BCUT2D eigenvalue weighted by molar-refractivity contribution is 7.99. The largest absolute Gasteiger partial charge is 0.494 e. The van der Waals surface area contributed by atoms with Crippen LogP contribution in [0.4, 0.5) is 0 Å². The molecule has 2 aromatic carbocycles. The number of carbonyl (C=O) groups excluding carboxylic acids is 1. The van der Waals surface area contributed by atoms with Crippen LogP contribution in [0.3, 0.4) is 0 Å². The number of ether oxygens (including phenoxy) is 1. The van der Waals surface area contributed by atoms with Gasteiger partial charge >= 0.3 is 0 Å². The van der Waals surface area contributed by atoms with E-state index in [-0.39, 0.29) is 5.78 Å². The Morgan fingerprint density at radius 3 is 1.97 bits per heavy atom. The van der Waals surface area contributed by atoms with Crippen molar-refractivity contribution in [2.24, 2.45) is 0 Å². The van der Waals surface area contributed by atoms with Gasteiger partial charge in [0, 0.05) is 10.5 Å². The quantitative estimate of drug-likeness (QED) is 0.0726. The fourth-order valence-electron chi connectivity index (χ4n) is 4.22. The molecule has 0 aliphatic carbocycles. The Morgan fingerprint density at radius 1 is 0.750 bits per heavy atom. The summed E-state index contributed by atoms with van der Waals surface area (Å²) in [5, 5.41) is 0. The van der Waals surface area contributed by atoms with Crippen LogP contribution < -0.4 is 4.74 Å². The van der Waals surface area contributed by atoms with Gasteiger partial charge in [-0.3, -0.25) is 4.79 Å². The second kappa shape index (κ2) is 20.1. The zero-order valence-electron chi connectivity index (χ0n) is 22.8. The first-order valence-corrected chi connectivity index (χ1v) is 15.4. The number of unbranched alkanes of at least 4 members (excludes halogenated alkanes) is 12. The summed E-state index contributed by atoms with van der Waals surface area (Å²) in [4.78, 5) is 13.7. The summed E-state index contributed by atoms with van der Waals surface area (Å²) in [6, 6.07) is 15.9. The second-order valence-electron chi connectivity index (χ2n) is 9.73. The molecule has 36 heavy (non-hydrogen) atoms. The molecule has 0 saturated carbocycles. The van der Waals surface area contributed by atoms with E-state index in [1.807, 2.05) is 66.4 Å². The van der Waals surface area contributed by atoms with Crippen LogP contribution in [-0.2, 0) is 0 Å². The standard InChI is InChI=1S/C33H48O2S/c1-3-5-6-7-8-9-10-11-12-13-14-15-16-26-35-31-19-17-18-29(28-31)20-25-33(34)30-21-23-32(24-22-30)36-27-4-2/h17-25,28H,3-16,26-27H2,1-2H3/b25-20+. The summed E-state index contributed by atoms with van der Waals surface area (Å²) >= 11 is 1.83. The third-order valence-corrected chi connectivity index (χ3v) is 7.63. The number of benzene rings is 2. The lowest BCUT2D eigenvalue weighted by Crippen LogP contribution is -1.97. The highest BCUT2D eigenvalue weighted by atomic mass is 32.2. The SMILES string of the molecule is CCCCCCCCCCCCCCCOc1cccc(/C=C/C(=O)c2ccc(SCCC)cc2)c1. The Hall–Kier alpha value is -2.00. The van der Waals surface area contributed by atoms with Crippen molar-refractivity contribution >= 4 is 23.6 Å². The molecule has 0 amide bonds. The average Bonchev–Trinajstić information content (AvgIpc) is 2.91. The van der Waals surface area contributed by atoms with Gasteiger partial charge in [-0.15, -0.1) is 11.8 Å². The number of hydrogen-bond acceptors (Lipinski definition) is 3. The lowest BCUT2D eigenvalue weighted by molar-refractivity contribution is 0.104. The van der Waals surface area contributed by atoms with E-state index in [9.17, 15) is 4.79 Å². The van der Waals surface area contributed by atoms with Crippen LogP contribution in [0, 0.1) is 0 Å². The van der Waals surface area contributed by atoms with Gasteiger partial charge in [-0.05, 0) is 66.6 Å². The lowest BCUT2D eigenvalue weighted by Gasteiger charge is -2.07. The van der Waals surface area contributed by atoms with E-state index >= 15 is 0 Å². The summed E-state index contributed by atoms with van der Waals surface area (Å²) in [5.74, 6) is 2.01. The van der Waals surface area contributed by atoms with Crippen molar-refractivity contribution in [3.63, 3.8) is 0 Å². The van der Waals surface area contributed by atoms with Crippen molar-refractivity contribution in [2.75, 3.05) is 12.4 Å². The van der Waals surface area contributed by atoms with Crippen molar-refractivity contribution in [3.05, 3.63) is 65.7 Å². The van der Waals surface area contributed by atoms with E-state index in [1.54, 1.807) is 6.08 Å². The molecule has 0 heterocycles. The van der Waals surface area contributed by atoms with E-state index in [4.69, 9.17) is 4.74 Å². The van der Waals surface area contributed by atoms with Crippen LogP contribution in [0.15, 0.2) is 59.5 Å². The molecule has 0 spiro atoms. The molecule has 0 fully saturated rings. The molecule has 2 rings (SSSR count). The minimum Gasteiger partial charge on any atom is -0.494 e. The van der Waals surface area contributed by atoms with E-state index < -0.39 is 0 Å². The smallest absolute Gasteiger partial charge is 0.185 e. The molecule has 0 aromatic heterocycles. The van der Waals surface area contributed by atoms with E-state index in [1.165, 1.54) is 81.9 Å². The molecule has 0 saturated heterocycles. The Labute approximate surface area is 225 Å². The van der Waals surface area contributed by atoms with Gasteiger partial charge in [-0.2, -0.15) is 0 Å². The number of ketones is 1. The van der Waals surface area contributed by atoms with Crippen LogP contribution in [-0.4, -0.2) is 18.1 Å². The van der Waals surface area contributed by atoms with Crippen LogP contribution in [0.2, 0.25) is 0 Å². The van der Waals surface area contributed by atoms with Crippen molar-refractivity contribution in [3.8, 4) is 5.75 Å². The summed E-state index contributed by atoms with van der Waals surface area (Å²) in [6.45, 7) is 5.21. The highest BCUT2D eigenvalue weighted by Gasteiger charge is 2.03. The average molecular weight is 509 g/mol. The topological polar surface area (TPSA) is 26.3 Å². The Balaban J connectivity index is 1.57. The van der Waals surface area contributed by atoms with Crippen LogP contribution in [0.25, 0.3) is 6.08 Å². The summed E-state index contributed by atoms with van der Waals surface area (Å²) in [6.07, 6.45) is 22.3. The van der Waals surface area contributed by atoms with Gasteiger partial charge in [-0.1, -0.05) is 109 Å². The summed E-state index contributed by atoms with van der Waals surface area (Å²) < 4.78 is 5.96. The van der Waals surface area contributed by atoms with E-state index in [0.29, 0.717) is 0 Å². The molecule has 0 N–H and O–H groups in total. The van der Waals surface area contributed by atoms with Crippen molar-refractivity contribution in [2.45, 2.75) is 109 Å². The predicted molar refractivity (Wildman–Crippen MR) is 158 cm³/mol. The number of carbonyl (C=O) groups is 1. The third kappa shape index (κ3) is 13.9. The van der Waals surface area contributed by atoms with Gasteiger partial charge in [0.25, 0.3) is 0 Å². The zero-order valence-corrected chi connectivity index (χ0v) is 23.6. The molecule has 0 unspecified atom stereocenters. The molecule has 0 radical (unpaired) electrons. The second-order valence-corrected chi connectivity index (χ2v) is 10.9. The maximum absolute atomic E-state index is 12.5. The van der Waals surface area contributed by atoms with Gasteiger partial charge in [0.05, 0.1) is 6.61 Å². The third-order valence-electron chi connectivity index (χ3n) is 6.41. The van der Waals surface area contributed by atoms with Gasteiger partial charge < -0.3 is 4.74 Å². The molecule has 0 aliphatic rings. The van der Waals surface area contributed by atoms with Crippen LogP contribution in [0.1, 0.15) is 120 Å². The Kier molecular flexibility index (Phi) is 16.9. The fourth-order valence-corrected chi connectivity index (χ4v) is 4.99. The first-order valence-electron chi connectivity index (χ1n) is 14.4. The van der Waals surface area contributed by atoms with Gasteiger partial charge in [0.2, 0.25) is 0 Å². The fraction of sp³-hybridized carbons (Fsp3) is 0.545. The first kappa shape index (κ1) is 30.2. The summed E-state index contributed by atoms with van der Waals surface area (Å²) in [7, 11) is 0. The molecule has 2 aromatic rings. The maximum Gasteiger partial charge on any atom is 0.185 e. The van der Waals surface area contributed by atoms with E-state index in [0.717, 1.165) is 42.1 Å². The van der Waals surface area contributed by atoms with Crippen LogP contribution in [0.5, 0.6) is 5.75 Å². The lowest BCUT2D eigenvalue weighted by atomic mass is 10.0. The molecule has 198 valence electrons. The van der Waals surface area contributed by atoms with Gasteiger partial charge in [-0.25, -0.2) is 0 Å². The maximum atomic E-state index is 12.5. The number of allylic oxidation sites excluding steroid dienone is 1. The molecule has 0 atom stereocenters. The Bertz CT molecular complexity index is 856. The minimum absolute atomic E-state index is 0.0281. The molecule has 0 aliphatic heterocycles. The minimum atomic E-state index is 0.0281. The normalized spacial score (nSPS) is 11.3. The molecule has 2 nitrogen and oxygen atoms in total. The number of rotatable bonds is 21. The highest BCUT2D eigenvalue weighted by Crippen LogP contribution is 2.20. The first-order chi connectivity index (χ1) is 17.7. The van der Waals surface area contributed by atoms with Crippen molar-refractivity contribution in [1.29, 1.82) is 0 Å². The zero-order chi connectivity index (χ0) is 25.7. The van der Waals surface area contributed by atoms with E-state index in [2.05, 4.69) is 13.8 Å².